The van der Waals surface area contributed by atoms with Crippen molar-refractivity contribution in [3.05, 3.63) is 57.3 Å². The molecule has 0 aliphatic heterocycles. The average Bonchev–Trinajstić information content (AvgIpc) is 2.49. The van der Waals surface area contributed by atoms with Crippen molar-refractivity contribution < 1.29 is 4.74 Å². The van der Waals surface area contributed by atoms with Gasteiger partial charge in [-0.2, -0.15) is 5.26 Å². The first-order valence-corrected chi connectivity index (χ1v) is 7.55. The van der Waals surface area contributed by atoms with Gasteiger partial charge in [-0.25, -0.2) is 9.97 Å². The molecule has 0 unspecified atom stereocenters. The van der Waals surface area contributed by atoms with Crippen LogP contribution in [0.2, 0.25) is 5.02 Å². The summed E-state index contributed by atoms with van der Waals surface area (Å²) >= 11 is 9.32. The molecule has 0 N–H and O–H groups in total. The van der Waals surface area contributed by atoms with Crippen molar-refractivity contribution in [1.82, 2.24) is 9.97 Å². The molecule has 6 heteroatoms. The van der Waals surface area contributed by atoms with E-state index in [1.54, 1.807) is 30.3 Å². The van der Waals surface area contributed by atoms with Gasteiger partial charge in [0.25, 0.3) is 0 Å². The van der Waals surface area contributed by atoms with E-state index in [-0.39, 0.29) is 0 Å². The van der Waals surface area contributed by atoms with Gasteiger partial charge in [0, 0.05) is 22.2 Å². The molecule has 0 radical (unpaired) electrons. The summed E-state index contributed by atoms with van der Waals surface area (Å²) in [5.74, 6) is 0.869. The minimum atomic E-state index is 0.331. The minimum Gasteiger partial charge on any atom is -0.436 e. The molecule has 4 nitrogen and oxygen atoms in total. The zero-order valence-electron chi connectivity index (χ0n) is 11.5. The van der Waals surface area contributed by atoms with Crippen LogP contribution in [0.5, 0.6) is 11.6 Å². The van der Waals surface area contributed by atoms with Crippen molar-refractivity contribution in [2.24, 2.45) is 0 Å². The molecule has 0 fully saturated rings. The maximum Gasteiger partial charge on any atom is 0.221 e. The summed E-state index contributed by atoms with van der Waals surface area (Å²) in [6, 6.07) is 12.6. The van der Waals surface area contributed by atoms with Gasteiger partial charge in [-0.05, 0) is 53.2 Å². The van der Waals surface area contributed by atoms with Crippen LogP contribution in [0.25, 0.3) is 10.9 Å². The number of pyridine rings is 2. The van der Waals surface area contributed by atoms with E-state index in [1.807, 2.05) is 13.0 Å². The summed E-state index contributed by atoms with van der Waals surface area (Å²) in [6.07, 6.45) is 0. The van der Waals surface area contributed by atoms with Gasteiger partial charge in [0.15, 0.2) is 5.75 Å². The van der Waals surface area contributed by atoms with E-state index in [2.05, 4.69) is 32.0 Å². The van der Waals surface area contributed by atoms with Crippen molar-refractivity contribution >= 4 is 38.4 Å². The van der Waals surface area contributed by atoms with Crippen LogP contribution in [0.15, 0.2) is 41.0 Å². The van der Waals surface area contributed by atoms with Crippen molar-refractivity contribution in [3.63, 3.8) is 0 Å². The van der Waals surface area contributed by atoms with E-state index >= 15 is 0 Å². The molecule has 22 heavy (non-hydrogen) atoms. The number of aryl methyl sites for hydroxylation is 1. The molecule has 1 aromatic carbocycles. The Bertz CT molecular complexity index is 921. The molecule has 0 saturated carbocycles. The van der Waals surface area contributed by atoms with E-state index in [4.69, 9.17) is 16.3 Å². The molecule has 108 valence electrons. The van der Waals surface area contributed by atoms with Crippen LogP contribution in [-0.4, -0.2) is 9.97 Å². The molecular weight excluding hydrogens is 366 g/mol. The Hall–Kier alpha value is -2.16. The maximum atomic E-state index is 9.31. The van der Waals surface area contributed by atoms with Gasteiger partial charge in [0.05, 0.1) is 11.1 Å². The molecule has 2 aromatic heterocycles. The fourth-order valence-electron chi connectivity index (χ4n) is 2.02. The summed E-state index contributed by atoms with van der Waals surface area (Å²) in [6.45, 7) is 1.89. The molecular formula is C16H9BrClN3O. The number of benzene rings is 1. The van der Waals surface area contributed by atoms with Crippen LogP contribution < -0.4 is 4.74 Å². The lowest BCUT2D eigenvalue weighted by atomic mass is 10.1. The molecule has 0 bridgehead atoms. The summed E-state index contributed by atoms with van der Waals surface area (Å²) in [5, 5.41) is 10.6. The number of nitrogens with zero attached hydrogens (tertiary/aromatic N) is 3. The summed E-state index contributed by atoms with van der Waals surface area (Å²) < 4.78 is 6.33. The van der Waals surface area contributed by atoms with Crippen molar-refractivity contribution in [3.8, 4) is 17.7 Å². The predicted molar refractivity (Wildman–Crippen MR) is 88.2 cm³/mol. The van der Waals surface area contributed by atoms with E-state index in [9.17, 15) is 5.26 Å². The number of aromatic nitrogens is 2. The highest BCUT2D eigenvalue weighted by Gasteiger charge is 2.10. The van der Waals surface area contributed by atoms with E-state index < -0.39 is 0 Å². The van der Waals surface area contributed by atoms with Crippen LogP contribution >= 0.6 is 27.5 Å². The largest absolute Gasteiger partial charge is 0.436 e. The van der Waals surface area contributed by atoms with Gasteiger partial charge in [-0.1, -0.05) is 11.6 Å². The first kappa shape index (κ1) is 14.8. The highest BCUT2D eigenvalue weighted by atomic mass is 79.9. The average molecular weight is 375 g/mol. The van der Waals surface area contributed by atoms with E-state index in [1.165, 1.54) is 0 Å². The predicted octanol–water partition coefficient (Wildman–Crippen LogP) is 5.02. The smallest absolute Gasteiger partial charge is 0.221 e. The van der Waals surface area contributed by atoms with Crippen molar-refractivity contribution in [2.75, 3.05) is 0 Å². The number of halogens is 2. The van der Waals surface area contributed by atoms with E-state index in [0.717, 1.165) is 5.69 Å². The second kappa shape index (κ2) is 5.91. The topological polar surface area (TPSA) is 58.8 Å². The van der Waals surface area contributed by atoms with Crippen LogP contribution in [0.3, 0.4) is 0 Å². The fraction of sp³-hybridized carbons (Fsp3) is 0.0625. The molecule has 0 aliphatic carbocycles. The third-order valence-corrected chi connectivity index (χ3v) is 3.84. The zero-order valence-corrected chi connectivity index (χ0v) is 13.8. The summed E-state index contributed by atoms with van der Waals surface area (Å²) in [4.78, 5) is 8.67. The maximum absolute atomic E-state index is 9.31. The van der Waals surface area contributed by atoms with Gasteiger partial charge in [0.2, 0.25) is 5.88 Å². The first-order valence-electron chi connectivity index (χ1n) is 6.38. The number of fused-ring (bicyclic) bond motifs is 1. The first-order chi connectivity index (χ1) is 10.6. The number of rotatable bonds is 2. The van der Waals surface area contributed by atoms with Crippen molar-refractivity contribution in [1.29, 1.82) is 5.26 Å². The van der Waals surface area contributed by atoms with Gasteiger partial charge < -0.3 is 4.74 Å². The number of hydrogen-bond donors (Lipinski definition) is 0. The quantitative estimate of drug-likeness (QED) is 0.591. The SMILES string of the molecule is Cc1ccc(Oc2cc(C#N)c3cc(Cl)ccc3n2)c(Br)n1. The molecule has 3 aromatic rings. The Morgan fingerprint density at radius 2 is 2.00 bits per heavy atom. The lowest BCUT2D eigenvalue weighted by molar-refractivity contribution is 0.459. The summed E-state index contributed by atoms with van der Waals surface area (Å²) in [7, 11) is 0. The number of ether oxygens (including phenoxy) is 1. The highest BCUT2D eigenvalue weighted by Crippen LogP contribution is 2.30. The standard InChI is InChI=1S/C16H9BrClN3O/c1-9-2-5-14(16(17)20-9)22-15-6-10(8-19)12-7-11(18)3-4-13(12)21-15/h2-7H,1H3. The molecule has 0 spiro atoms. The van der Waals surface area contributed by atoms with Gasteiger partial charge in [-0.3, -0.25) is 0 Å². The Morgan fingerprint density at radius 3 is 2.73 bits per heavy atom. The molecule has 0 atom stereocenters. The molecule has 0 amide bonds. The second-order valence-electron chi connectivity index (χ2n) is 4.62. The zero-order chi connectivity index (χ0) is 15.7. The highest BCUT2D eigenvalue weighted by molar-refractivity contribution is 9.10. The second-order valence-corrected chi connectivity index (χ2v) is 5.81. The summed E-state index contributed by atoms with van der Waals surface area (Å²) in [5.41, 5.74) is 1.98. The van der Waals surface area contributed by atoms with E-state index in [0.29, 0.717) is 37.7 Å². The number of nitriles is 1. The van der Waals surface area contributed by atoms with Gasteiger partial charge in [-0.15, -0.1) is 0 Å². The van der Waals surface area contributed by atoms with Crippen LogP contribution in [0.1, 0.15) is 11.3 Å². The molecule has 3 rings (SSSR count). The normalized spacial score (nSPS) is 10.5. The Balaban J connectivity index is 2.08. The molecule has 0 saturated heterocycles. The Labute approximate surface area is 140 Å². The van der Waals surface area contributed by atoms with Crippen LogP contribution in [0.4, 0.5) is 0 Å². The van der Waals surface area contributed by atoms with Crippen LogP contribution in [-0.2, 0) is 0 Å². The fourth-order valence-corrected chi connectivity index (χ4v) is 2.68. The Kier molecular flexibility index (Phi) is 3.97. The molecule has 0 aliphatic rings. The Morgan fingerprint density at radius 1 is 1.18 bits per heavy atom. The molecule has 2 heterocycles. The monoisotopic (exact) mass is 373 g/mol. The lowest BCUT2D eigenvalue weighted by Gasteiger charge is -2.09. The third-order valence-electron chi connectivity index (χ3n) is 3.04. The lowest BCUT2D eigenvalue weighted by Crippen LogP contribution is -1.94. The van der Waals surface area contributed by atoms with Crippen molar-refractivity contribution in [2.45, 2.75) is 6.92 Å². The van der Waals surface area contributed by atoms with Crippen LogP contribution in [0, 0.1) is 18.3 Å². The minimum absolute atomic E-state index is 0.331. The number of hydrogen-bond acceptors (Lipinski definition) is 4. The third kappa shape index (κ3) is 2.89. The van der Waals surface area contributed by atoms with Gasteiger partial charge >= 0.3 is 0 Å². The van der Waals surface area contributed by atoms with Gasteiger partial charge in [0.1, 0.15) is 10.7 Å².